The highest BCUT2D eigenvalue weighted by Crippen LogP contribution is 2.20. The molecule has 0 aliphatic rings. The highest BCUT2D eigenvalue weighted by Gasteiger charge is 2.09. The summed E-state index contributed by atoms with van der Waals surface area (Å²) in [6.45, 7) is 4.37. The van der Waals surface area contributed by atoms with Gasteiger partial charge in [-0.1, -0.05) is 30.1 Å². The van der Waals surface area contributed by atoms with Crippen LogP contribution in [0.15, 0.2) is 18.2 Å². The Morgan fingerprint density at radius 1 is 1.22 bits per heavy atom. The number of benzene rings is 1. The average Bonchev–Trinajstić information content (AvgIpc) is 2.32. The van der Waals surface area contributed by atoms with Gasteiger partial charge in [0.05, 0.1) is 10.6 Å². The van der Waals surface area contributed by atoms with Crippen molar-refractivity contribution in [2.24, 2.45) is 0 Å². The number of nitrogens with one attached hydrogen (secondary N) is 2. The van der Waals surface area contributed by atoms with Crippen molar-refractivity contribution in [1.29, 1.82) is 0 Å². The van der Waals surface area contributed by atoms with Crippen LogP contribution in [-0.2, 0) is 0 Å². The third-order valence-corrected chi connectivity index (χ3v) is 2.75. The fourth-order valence-corrected chi connectivity index (χ4v) is 1.71. The van der Waals surface area contributed by atoms with Gasteiger partial charge < -0.3 is 10.6 Å². The van der Waals surface area contributed by atoms with Gasteiger partial charge in [-0.05, 0) is 31.2 Å². The molecule has 102 valence electrons. The molecule has 2 N–H and O–H groups in total. The van der Waals surface area contributed by atoms with Gasteiger partial charge in [-0.3, -0.25) is 4.79 Å². The summed E-state index contributed by atoms with van der Waals surface area (Å²) < 4.78 is 0. The molecule has 0 aromatic heterocycles. The van der Waals surface area contributed by atoms with E-state index in [1.165, 1.54) is 0 Å². The first-order valence-corrected chi connectivity index (χ1v) is 6.34. The molecule has 3 nitrogen and oxygen atoms in total. The molecular weight excluding hydrogens is 295 g/mol. The normalized spacial score (nSPS) is 9.72. The summed E-state index contributed by atoms with van der Waals surface area (Å²) in [5, 5.41) is 6.89. The fourth-order valence-electron chi connectivity index (χ4n) is 1.33. The van der Waals surface area contributed by atoms with Crippen molar-refractivity contribution in [2.45, 2.75) is 13.3 Å². The lowest BCUT2D eigenvalue weighted by Crippen LogP contribution is -2.32. The molecule has 0 saturated heterocycles. The maximum Gasteiger partial charge on any atom is 0.252 e. The van der Waals surface area contributed by atoms with Crippen LogP contribution in [0.5, 0.6) is 0 Å². The number of rotatable bonds is 6. The van der Waals surface area contributed by atoms with Crippen molar-refractivity contribution < 1.29 is 4.79 Å². The van der Waals surface area contributed by atoms with Crippen molar-refractivity contribution in [3.8, 4) is 0 Å². The summed E-state index contributed by atoms with van der Waals surface area (Å²) in [7, 11) is 0. The molecular formula is C12H17Cl3N2O. The first-order chi connectivity index (χ1) is 8.15. The summed E-state index contributed by atoms with van der Waals surface area (Å²) in [6, 6.07) is 4.84. The van der Waals surface area contributed by atoms with E-state index in [2.05, 4.69) is 17.6 Å². The van der Waals surface area contributed by atoms with Crippen molar-refractivity contribution in [2.75, 3.05) is 19.6 Å². The van der Waals surface area contributed by atoms with E-state index in [0.717, 1.165) is 19.5 Å². The lowest BCUT2D eigenvalue weighted by Gasteiger charge is -2.07. The summed E-state index contributed by atoms with van der Waals surface area (Å²) in [5.41, 5.74) is 0.412. The van der Waals surface area contributed by atoms with Crippen LogP contribution in [0.25, 0.3) is 0 Å². The van der Waals surface area contributed by atoms with Crippen LogP contribution in [0, 0.1) is 0 Å². The van der Waals surface area contributed by atoms with E-state index in [4.69, 9.17) is 23.2 Å². The maximum atomic E-state index is 11.8. The van der Waals surface area contributed by atoms with E-state index in [9.17, 15) is 4.79 Å². The molecule has 6 heteroatoms. The minimum absolute atomic E-state index is 0. The first-order valence-electron chi connectivity index (χ1n) is 5.59. The van der Waals surface area contributed by atoms with Crippen molar-refractivity contribution in [3.63, 3.8) is 0 Å². The first kappa shape index (κ1) is 17.5. The van der Waals surface area contributed by atoms with Crippen LogP contribution in [-0.4, -0.2) is 25.5 Å². The summed E-state index contributed by atoms with van der Waals surface area (Å²) >= 11 is 11.7. The minimum Gasteiger partial charge on any atom is -0.351 e. The Morgan fingerprint density at radius 3 is 2.61 bits per heavy atom. The topological polar surface area (TPSA) is 41.1 Å². The van der Waals surface area contributed by atoms with Crippen LogP contribution >= 0.6 is 35.6 Å². The second-order valence-corrected chi connectivity index (χ2v) is 4.47. The highest BCUT2D eigenvalue weighted by molar-refractivity contribution is 6.35. The molecule has 0 unspecified atom stereocenters. The number of carbonyl (C=O) groups is 1. The smallest absolute Gasteiger partial charge is 0.252 e. The van der Waals surface area contributed by atoms with Crippen molar-refractivity contribution in [1.82, 2.24) is 10.6 Å². The van der Waals surface area contributed by atoms with Crippen LogP contribution in [0.1, 0.15) is 23.7 Å². The quantitative estimate of drug-likeness (QED) is 0.792. The van der Waals surface area contributed by atoms with Gasteiger partial charge in [-0.2, -0.15) is 0 Å². The molecule has 0 atom stereocenters. The van der Waals surface area contributed by atoms with Crippen LogP contribution < -0.4 is 10.6 Å². The standard InChI is InChI=1S/C12H16Cl2N2O.ClH/c1-2-5-15-6-7-16-12(17)10-8-9(13)3-4-11(10)14;/h3-4,8,15H,2,5-7H2,1H3,(H,16,17);1H. The zero-order valence-corrected chi connectivity index (χ0v) is 12.5. The Bertz CT molecular complexity index is 386. The molecule has 1 amide bonds. The van der Waals surface area contributed by atoms with Crippen molar-refractivity contribution in [3.05, 3.63) is 33.8 Å². The average molecular weight is 312 g/mol. The van der Waals surface area contributed by atoms with Crippen molar-refractivity contribution >= 4 is 41.5 Å². The van der Waals surface area contributed by atoms with Gasteiger partial charge in [0.25, 0.3) is 5.91 Å². The molecule has 0 heterocycles. The zero-order chi connectivity index (χ0) is 12.7. The fraction of sp³-hybridized carbons (Fsp3) is 0.417. The van der Waals surface area contributed by atoms with E-state index in [1.807, 2.05) is 0 Å². The summed E-state index contributed by atoms with van der Waals surface area (Å²) in [5.74, 6) is -0.198. The molecule has 0 fully saturated rings. The number of hydrogen-bond donors (Lipinski definition) is 2. The number of amides is 1. The molecule has 0 aliphatic carbocycles. The molecule has 18 heavy (non-hydrogen) atoms. The van der Waals surface area contributed by atoms with E-state index in [0.29, 0.717) is 22.2 Å². The van der Waals surface area contributed by atoms with Gasteiger partial charge in [-0.25, -0.2) is 0 Å². The highest BCUT2D eigenvalue weighted by atomic mass is 35.5. The molecule has 0 radical (unpaired) electrons. The van der Waals surface area contributed by atoms with Gasteiger partial charge >= 0.3 is 0 Å². The molecule has 0 saturated carbocycles. The lowest BCUT2D eigenvalue weighted by molar-refractivity contribution is 0.0954. The molecule has 0 bridgehead atoms. The van der Waals surface area contributed by atoms with E-state index >= 15 is 0 Å². The van der Waals surface area contributed by atoms with E-state index < -0.39 is 0 Å². The second-order valence-electron chi connectivity index (χ2n) is 3.63. The Hall–Kier alpha value is -0.480. The van der Waals surface area contributed by atoms with Gasteiger partial charge in [0.2, 0.25) is 0 Å². The van der Waals surface area contributed by atoms with Gasteiger partial charge in [0.1, 0.15) is 0 Å². The van der Waals surface area contributed by atoms with Crippen LogP contribution in [0.3, 0.4) is 0 Å². The van der Waals surface area contributed by atoms with Gasteiger partial charge in [0, 0.05) is 18.1 Å². The Labute approximate surface area is 124 Å². The molecule has 1 aromatic rings. The Balaban J connectivity index is 0.00000289. The van der Waals surface area contributed by atoms with Crippen LogP contribution in [0.2, 0.25) is 10.0 Å². The predicted molar refractivity (Wildman–Crippen MR) is 79.2 cm³/mol. The third kappa shape index (κ3) is 5.91. The molecule has 1 rings (SSSR count). The zero-order valence-electron chi connectivity index (χ0n) is 10.1. The predicted octanol–water partition coefficient (Wildman–Crippen LogP) is 3.14. The van der Waals surface area contributed by atoms with E-state index in [1.54, 1.807) is 18.2 Å². The largest absolute Gasteiger partial charge is 0.351 e. The SMILES string of the molecule is CCCNCCNC(=O)c1cc(Cl)ccc1Cl.Cl. The molecule has 0 spiro atoms. The Morgan fingerprint density at radius 2 is 1.94 bits per heavy atom. The van der Waals surface area contributed by atoms with Gasteiger partial charge in [-0.15, -0.1) is 12.4 Å². The van der Waals surface area contributed by atoms with Gasteiger partial charge in [0.15, 0.2) is 0 Å². The second kappa shape index (κ2) is 9.45. The maximum absolute atomic E-state index is 11.8. The molecule has 1 aromatic carbocycles. The molecule has 0 aliphatic heterocycles. The summed E-state index contributed by atoms with van der Waals surface area (Å²) in [4.78, 5) is 11.8. The lowest BCUT2D eigenvalue weighted by atomic mass is 10.2. The third-order valence-electron chi connectivity index (χ3n) is 2.19. The van der Waals surface area contributed by atoms with Crippen LogP contribution in [0.4, 0.5) is 0 Å². The van der Waals surface area contributed by atoms with E-state index in [-0.39, 0.29) is 18.3 Å². The number of hydrogen-bond acceptors (Lipinski definition) is 2. The number of halogens is 3. The minimum atomic E-state index is -0.198. The number of carbonyl (C=O) groups excluding carboxylic acids is 1. The monoisotopic (exact) mass is 310 g/mol. The summed E-state index contributed by atoms with van der Waals surface area (Å²) in [6.07, 6.45) is 1.08. The Kier molecular flexibility index (Phi) is 9.20.